The fourth-order valence-electron chi connectivity index (χ4n) is 4.91. The second-order valence-electron chi connectivity index (χ2n) is 8.99. The Morgan fingerprint density at radius 3 is 2.56 bits per heavy atom. The van der Waals surface area contributed by atoms with Crippen LogP contribution in [0.25, 0.3) is 10.9 Å². The molecule has 166 valence electrons. The summed E-state index contributed by atoms with van der Waals surface area (Å²) in [5.74, 6) is 1.37. The number of nitrogens with zero attached hydrogens (tertiary/aromatic N) is 3. The van der Waals surface area contributed by atoms with Crippen LogP contribution in [-0.2, 0) is 17.9 Å². The first kappa shape index (κ1) is 21.0. The summed E-state index contributed by atoms with van der Waals surface area (Å²) in [4.78, 5) is 21.7. The average molecular weight is 429 g/mol. The Morgan fingerprint density at radius 2 is 1.69 bits per heavy atom. The van der Waals surface area contributed by atoms with Crippen molar-refractivity contribution in [3.63, 3.8) is 0 Å². The first-order valence-electron chi connectivity index (χ1n) is 12.0. The average Bonchev–Trinajstić information content (AvgIpc) is 2.85. The second-order valence-corrected chi connectivity index (χ2v) is 8.99. The Kier molecular flexibility index (Phi) is 6.35. The molecule has 5 heteroatoms. The normalized spacial score (nSPS) is 17.2. The maximum absolute atomic E-state index is 12.3. The van der Waals surface area contributed by atoms with E-state index in [1.54, 1.807) is 0 Å². The fourth-order valence-corrected chi connectivity index (χ4v) is 4.91. The van der Waals surface area contributed by atoms with Gasteiger partial charge in [-0.3, -0.25) is 4.79 Å². The summed E-state index contributed by atoms with van der Waals surface area (Å²) in [5, 5.41) is 4.82. The lowest BCUT2D eigenvalue weighted by Crippen LogP contribution is -2.35. The number of hydrogen-bond acceptors (Lipinski definition) is 4. The van der Waals surface area contributed by atoms with Crippen molar-refractivity contribution in [1.29, 1.82) is 0 Å². The summed E-state index contributed by atoms with van der Waals surface area (Å²) in [7, 11) is 0. The number of rotatable bonds is 6. The number of fused-ring (bicyclic) bond motifs is 1. The summed E-state index contributed by atoms with van der Waals surface area (Å²) in [6, 6.07) is 19.1. The molecule has 0 unspecified atom stereocenters. The fraction of sp³-hybridized carbons (Fsp3) is 0.407. The van der Waals surface area contributed by atoms with Gasteiger partial charge in [-0.05, 0) is 61.9 Å². The van der Waals surface area contributed by atoms with E-state index in [0.717, 1.165) is 62.6 Å². The molecule has 1 amide bonds. The Balaban J connectivity index is 1.32. The number of carbonyl (C=O) groups is 1. The molecule has 1 aromatic heterocycles. The number of pyridine rings is 1. The van der Waals surface area contributed by atoms with Gasteiger partial charge in [0, 0.05) is 55.8 Å². The highest BCUT2D eigenvalue weighted by Crippen LogP contribution is 2.27. The van der Waals surface area contributed by atoms with Crippen molar-refractivity contribution in [2.24, 2.45) is 0 Å². The highest BCUT2D eigenvalue weighted by molar-refractivity contribution is 5.94. The molecule has 3 heterocycles. The lowest BCUT2D eigenvalue weighted by molar-refractivity contribution is -0.119. The van der Waals surface area contributed by atoms with E-state index in [9.17, 15) is 4.79 Å². The Labute approximate surface area is 190 Å². The van der Waals surface area contributed by atoms with Crippen LogP contribution in [0.2, 0.25) is 0 Å². The molecule has 5 nitrogen and oxygen atoms in total. The van der Waals surface area contributed by atoms with Crippen LogP contribution in [0.5, 0.6) is 0 Å². The minimum atomic E-state index is 0.245. The first-order valence-corrected chi connectivity index (χ1v) is 12.0. The second kappa shape index (κ2) is 9.70. The molecular formula is C27H32N4O. The third-order valence-corrected chi connectivity index (χ3v) is 6.63. The minimum Gasteiger partial charge on any atom is -0.356 e. The van der Waals surface area contributed by atoms with Gasteiger partial charge in [-0.1, -0.05) is 30.3 Å². The maximum atomic E-state index is 12.3. The highest BCUT2D eigenvalue weighted by Gasteiger charge is 2.20. The standard InChI is InChI=1S/C27H32N4O/c32-26-13-4-7-16-31(26)24-11-8-9-21(17-24)19-28-20-23-18-22-10-2-3-12-25(22)29-27(23)30-14-5-1-6-15-30/h2-3,8-12,17-18,28H,1,4-7,13-16,19-20H2. The van der Waals surface area contributed by atoms with Gasteiger partial charge in [-0.25, -0.2) is 4.98 Å². The van der Waals surface area contributed by atoms with Crippen molar-refractivity contribution < 1.29 is 4.79 Å². The van der Waals surface area contributed by atoms with Crippen molar-refractivity contribution in [3.05, 3.63) is 65.7 Å². The molecule has 0 aliphatic carbocycles. The number of benzene rings is 2. The summed E-state index contributed by atoms with van der Waals surface area (Å²) < 4.78 is 0. The highest BCUT2D eigenvalue weighted by atomic mass is 16.2. The smallest absolute Gasteiger partial charge is 0.226 e. The van der Waals surface area contributed by atoms with Crippen molar-refractivity contribution >= 4 is 28.3 Å². The van der Waals surface area contributed by atoms with Crippen LogP contribution in [0.1, 0.15) is 49.7 Å². The minimum absolute atomic E-state index is 0.245. The molecule has 0 bridgehead atoms. The lowest BCUT2D eigenvalue weighted by Gasteiger charge is -2.30. The SMILES string of the molecule is O=C1CCCCN1c1cccc(CNCc2cc3ccccc3nc2N2CCCCC2)c1. The van der Waals surface area contributed by atoms with Crippen LogP contribution in [0, 0.1) is 0 Å². The van der Waals surface area contributed by atoms with E-state index < -0.39 is 0 Å². The van der Waals surface area contributed by atoms with Crippen molar-refractivity contribution in [3.8, 4) is 0 Å². The predicted molar refractivity (Wildman–Crippen MR) is 131 cm³/mol. The van der Waals surface area contributed by atoms with Gasteiger partial charge in [0.05, 0.1) is 5.52 Å². The molecule has 2 aliphatic heterocycles. The summed E-state index contributed by atoms with van der Waals surface area (Å²) in [5.41, 5.74) is 4.55. The van der Waals surface area contributed by atoms with Gasteiger partial charge in [0.2, 0.25) is 5.91 Å². The van der Waals surface area contributed by atoms with Gasteiger partial charge in [-0.15, -0.1) is 0 Å². The molecule has 0 spiro atoms. The van der Waals surface area contributed by atoms with Gasteiger partial charge in [-0.2, -0.15) is 0 Å². The molecule has 32 heavy (non-hydrogen) atoms. The van der Waals surface area contributed by atoms with Crippen LogP contribution >= 0.6 is 0 Å². The number of amides is 1. The van der Waals surface area contributed by atoms with E-state index >= 15 is 0 Å². The lowest BCUT2D eigenvalue weighted by atomic mass is 10.1. The van der Waals surface area contributed by atoms with Gasteiger partial charge < -0.3 is 15.1 Å². The molecule has 2 aliphatic rings. The van der Waals surface area contributed by atoms with E-state index in [1.807, 2.05) is 4.90 Å². The maximum Gasteiger partial charge on any atom is 0.226 e. The molecule has 0 radical (unpaired) electrons. The van der Waals surface area contributed by atoms with Crippen LogP contribution < -0.4 is 15.1 Å². The Hall–Kier alpha value is -2.92. The van der Waals surface area contributed by atoms with Gasteiger partial charge in [0.25, 0.3) is 0 Å². The topological polar surface area (TPSA) is 48.5 Å². The number of anilines is 2. The molecule has 2 saturated heterocycles. The number of para-hydroxylation sites is 1. The van der Waals surface area contributed by atoms with Crippen LogP contribution in [0.4, 0.5) is 11.5 Å². The molecular weight excluding hydrogens is 396 g/mol. The van der Waals surface area contributed by atoms with Crippen molar-refractivity contribution in [2.75, 3.05) is 29.4 Å². The molecule has 3 aromatic rings. The molecule has 2 fully saturated rings. The van der Waals surface area contributed by atoms with E-state index in [0.29, 0.717) is 6.42 Å². The predicted octanol–water partition coefficient (Wildman–Crippen LogP) is 5.03. The number of nitrogens with one attached hydrogen (secondary N) is 1. The van der Waals surface area contributed by atoms with E-state index in [2.05, 4.69) is 64.8 Å². The van der Waals surface area contributed by atoms with Crippen molar-refractivity contribution in [1.82, 2.24) is 10.3 Å². The van der Waals surface area contributed by atoms with Crippen LogP contribution in [-0.4, -0.2) is 30.5 Å². The van der Waals surface area contributed by atoms with E-state index in [1.165, 1.54) is 35.8 Å². The monoisotopic (exact) mass is 428 g/mol. The van der Waals surface area contributed by atoms with Gasteiger partial charge in [0.15, 0.2) is 0 Å². The van der Waals surface area contributed by atoms with Crippen LogP contribution in [0.15, 0.2) is 54.6 Å². The molecule has 2 aromatic carbocycles. The van der Waals surface area contributed by atoms with Gasteiger partial charge >= 0.3 is 0 Å². The molecule has 0 atom stereocenters. The summed E-state index contributed by atoms with van der Waals surface area (Å²) in [6.07, 6.45) is 6.55. The Morgan fingerprint density at radius 1 is 0.844 bits per heavy atom. The zero-order valence-corrected chi connectivity index (χ0v) is 18.7. The molecule has 5 rings (SSSR count). The molecule has 0 saturated carbocycles. The van der Waals surface area contributed by atoms with Crippen LogP contribution in [0.3, 0.4) is 0 Å². The molecule has 1 N–H and O–H groups in total. The quantitative estimate of drug-likeness (QED) is 0.598. The number of carbonyl (C=O) groups excluding carboxylic acids is 1. The van der Waals surface area contributed by atoms with E-state index in [-0.39, 0.29) is 5.91 Å². The number of aromatic nitrogens is 1. The van der Waals surface area contributed by atoms with Gasteiger partial charge in [0.1, 0.15) is 5.82 Å². The summed E-state index contributed by atoms with van der Waals surface area (Å²) >= 11 is 0. The zero-order valence-electron chi connectivity index (χ0n) is 18.7. The summed E-state index contributed by atoms with van der Waals surface area (Å²) in [6.45, 7) is 4.55. The third-order valence-electron chi connectivity index (χ3n) is 6.63. The number of piperidine rings is 2. The van der Waals surface area contributed by atoms with E-state index in [4.69, 9.17) is 4.98 Å². The van der Waals surface area contributed by atoms with Crippen molar-refractivity contribution in [2.45, 2.75) is 51.6 Å². The number of hydrogen-bond donors (Lipinski definition) is 1. The third kappa shape index (κ3) is 4.63. The Bertz CT molecular complexity index is 1090. The first-order chi connectivity index (χ1) is 15.8. The largest absolute Gasteiger partial charge is 0.356 e. The zero-order chi connectivity index (χ0) is 21.8.